The van der Waals surface area contributed by atoms with Gasteiger partial charge in [-0.25, -0.2) is 4.98 Å². The van der Waals surface area contributed by atoms with Crippen molar-refractivity contribution in [2.75, 3.05) is 0 Å². The van der Waals surface area contributed by atoms with Gasteiger partial charge in [0.05, 0.1) is 0 Å². The predicted molar refractivity (Wildman–Crippen MR) is 63.2 cm³/mol. The second-order valence-electron chi connectivity index (χ2n) is 4.38. The molecule has 0 amide bonds. The molecule has 2 rings (SSSR count). The van der Waals surface area contributed by atoms with E-state index in [4.69, 9.17) is 11.6 Å². The van der Waals surface area contributed by atoms with Gasteiger partial charge in [-0.1, -0.05) is 0 Å². The zero-order valence-electron chi connectivity index (χ0n) is 9.32. The fourth-order valence-electron chi connectivity index (χ4n) is 2.00. The summed E-state index contributed by atoms with van der Waals surface area (Å²) in [4.78, 5) is 4.36. The molecule has 0 aromatic carbocycles. The Morgan fingerprint density at radius 2 is 2.40 bits per heavy atom. The van der Waals surface area contributed by atoms with E-state index in [1.54, 1.807) is 0 Å². The number of halogens is 1. The SMILES string of the molecule is CCn1ccnc1CCCC(Cl)C1CC1. The molecule has 0 bridgehead atoms. The van der Waals surface area contributed by atoms with E-state index >= 15 is 0 Å². The Bertz CT molecular complexity index is 304. The first-order valence-corrected chi connectivity index (χ1v) is 6.39. The van der Waals surface area contributed by atoms with Crippen molar-refractivity contribution >= 4 is 11.6 Å². The van der Waals surface area contributed by atoms with Crippen LogP contribution < -0.4 is 0 Å². The molecule has 1 fully saturated rings. The first kappa shape index (κ1) is 11.0. The van der Waals surface area contributed by atoms with Crippen LogP contribution in [0.3, 0.4) is 0 Å². The van der Waals surface area contributed by atoms with Gasteiger partial charge in [0.2, 0.25) is 0 Å². The van der Waals surface area contributed by atoms with Gasteiger partial charge in [-0.2, -0.15) is 0 Å². The number of nitrogens with zero attached hydrogens (tertiary/aromatic N) is 2. The summed E-state index contributed by atoms with van der Waals surface area (Å²) >= 11 is 6.26. The van der Waals surface area contributed by atoms with Crippen LogP contribution in [-0.2, 0) is 13.0 Å². The third kappa shape index (κ3) is 2.97. The number of rotatable bonds is 6. The fraction of sp³-hybridized carbons (Fsp3) is 0.750. The van der Waals surface area contributed by atoms with Crippen molar-refractivity contribution in [2.24, 2.45) is 5.92 Å². The molecular formula is C12H19ClN2. The molecule has 1 heterocycles. The second-order valence-corrected chi connectivity index (χ2v) is 4.94. The van der Waals surface area contributed by atoms with Crippen LogP contribution in [0.5, 0.6) is 0 Å². The van der Waals surface area contributed by atoms with E-state index in [0.717, 1.165) is 25.3 Å². The van der Waals surface area contributed by atoms with E-state index in [9.17, 15) is 0 Å². The average molecular weight is 227 g/mol. The average Bonchev–Trinajstić information content (AvgIpc) is 2.99. The highest BCUT2D eigenvalue weighted by atomic mass is 35.5. The monoisotopic (exact) mass is 226 g/mol. The molecule has 1 aromatic heterocycles. The zero-order chi connectivity index (χ0) is 10.7. The number of imidazole rings is 1. The minimum atomic E-state index is 0.412. The molecule has 2 nitrogen and oxygen atoms in total. The van der Waals surface area contributed by atoms with Crippen LogP contribution in [0.2, 0.25) is 0 Å². The second kappa shape index (κ2) is 5.02. The summed E-state index contributed by atoms with van der Waals surface area (Å²) in [6.07, 6.45) is 10.0. The van der Waals surface area contributed by atoms with Crippen LogP contribution in [0.25, 0.3) is 0 Å². The van der Waals surface area contributed by atoms with Crippen LogP contribution in [0.4, 0.5) is 0 Å². The number of aryl methyl sites for hydroxylation is 2. The van der Waals surface area contributed by atoms with Gasteiger partial charge in [-0.3, -0.25) is 0 Å². The van der Waals surface area contributed by atoms with Crippen LogP contribution in [0.15, 0.2) is 12.4 Å². The number of hydrogen-bond acceptors (Lipinski definition) is 1. The quantitative estimate of drug-likeness (QED) is 0.681. The van der Waals surface area contributed by atoms with Crippen molar-refractivity contribution in [2.45, 2.75) is 50.9 Å². The molecule has 1 aliphatic rings. The van der Waals surface area contributed by atoms with Crippen LogP contribution in [-0.4, -0.2) is 14.9 Å². The number of alkyl halides is 1. The topological polar surface area (TPSA) is 17.8 Å². The lowest BCUT2D eigenvalue weighted by Crippen LogP contribution is -2.05. The van der Waals surface area contributed by atoms with Gasteiger partial charge in [-0.15, -0.1) is 11.6 Å². The summed E-state index contributed by atoms with van der Waals surface area (Å²) < 4.78 is 2.21. The highest BCUT2D eigenvalue weighted by Gasteiger charge is 2.28. The molecule has 1 unspecified atom stereocenters. The minimum absolute atomic E-state index is 0.412. The first-order valence-electron chi connectivity index (χ1n) is 5.95. The lowest BCUT2D eigenvalue weighted by molar-refractivity contribution is 0.605. The Kier molecular flexibility index (Phi) is 3.68. The van der Waals surface area contributed by atoms with Gasteiger partial charge in [0, 0.05) is 30.7 Å². The molecule has 0 radical (unpaired) electrons. The molecular weight excluding hydrogens is 208 g/mol. The highest BCUT2D eigenvalue weighted by molar-refractivity contribution is 6.20. The fourth-order valence-corrected chi connectivity index (χ4v) is 2.41. The molecule has 1 aliphatic carbocycles. The molecule has 0 saturated heterocycles. The van der Waals surface area contributed by atoms with E-state index < -0.39 is 0 Å². The summed E-state index contributed by atoms with van der Waals surface area (Å²) in [6, 6.07) is 0. The molecule has 0 aliphatic heterocycles. The van der Waals surface area contributed by atoms with Crippen LogP contribution in [0, 0.1) is 5.92 Å². The van der Waals surface area contributed by atoms with Crippen molar-refractivity contribution in [3.63, 3.8) is 0 Å². The Labute approximate surface area is 96.7 Å². The predicted octanol–water partition coefficient (Wildman–Crippen LogP) is 3.24. The van der Waals surface area contributed by atoms with Crippen LogP contribution in [0.1, 0.15) is 38.4 Å². The van der Waals surface area contributed by atoms with Gasteiger partial charge in [0.15, 0.2) is 0 Å². The van der Waals surface area contributed by atoms with Gasteiger partial charge >= 0.3 is 0 Å². The molecule has 3 heteroatoms. The van der Waals surface area contributed by atoms with Crippen molar-refractivity contribution in [1.82, 2.24) is 9.55 Å². The summed E-state index contributed by atoms with van der Waals surface area (Å²) in [5.41, 5.74) is 0. The summed E-state index contributed by atoms with van der Waals surface area (Å²) in [5, 5.41) is 0.412. The smallest absolute Gasteiger partial charge is 0.108 e. The van der Waals surface area contributed by atoms with Crippen molar-refractivity contribution in [3.05, 3.63) is 18.2 Å². The maximum Gasteiger partial charge on any atom is 0.108 e. The van der Waals surface area contributed by atoms with Crippen molar-refractivity contribution < 1.29 is 0 Å². The molecule has 1 atom stereocenters. The van der Waals surface area contributed by atoms with Gasteiger partial charge in [0.1, 0.15) is 5.82 Å². The third-order valence-electron chi connectivity index (χ3n) is 3.16. The van der Waals surface area contributed by atoms with E-state index in [1.165, 1.54) is 25.1 Å². The van der Waals surface area contributed by atoms with Crippen LogP contribution >= 0.6 is 11.6 Å². The van der Waals surface area contributed by atoms with Gasteiger partial charge in [0.25, 0.3) is 0 Å². The summed E-state index contributed by atoms with van der Waals surface area (Å²) in [7, 11) is 0. The highest BCUT2D eigenvalue weighted by Crippen LogP contribution is 2.37. The lowest BCUT2D eigenvalue weighted by atomic mass is 10.1. The lowest BCUT2D eigenvalue weighted by Gasteiger charge is -2.08. The van der Waals surface area contributed by atoms with E-state index in [-0.39, 0.29) is 0 Å². The van der Waals surface area contributed by atoms with Gasteiger partial charge in [-0.05, 0) is 38.5 Å². The Balaban J connectivity index is 1.72. The van der Waals surface area contributed by atoms with Gasteiger partial charge < -0.3 is 4.57 Å². The normalized spacial score (nSPS) is 18.0. The number of aromatic nitrogens is 2. The molecule has 0 N–H and O–H groups in total. The van der Waals surface area contributed by atoms with Crippen molar-refractivity contribution in [3.8, 4) is 0 Å². The molecule has 1 aromatic rings. The maximum atomic E-state index is 6.26. The molecule has 0 spiro atoms. The maximum absolute atomic E-state index is 6.26. The Morgan fingerprint density at radius 3 is 3.07 bits per heavy atom. The van der Waals surface area contributed by atoms with E-state index in [0.29, 0.717) is 5.38 Å². The molecule has 84 valence electrons. The number of hydrogen-bond donors (Lipinski definition) is 0. The van der Waals surface area contributed by atoms with Crippen molar-refractivity contribution in [1.29, 1.82) is 0 Å². The Hall–Kier alpha value is -0.500. The third-order valence-corrected chi connectivity index (χ3v) is 3.73. The minimum Gasteiger partial charge on any atom is -0.335 e. The largest absolute Gasteiger partial charge is 0.335 e. The van der Waals surface area contributed by atoms with E-state index in [2.05, 4.69) is 22.7 Å². The zero-order valence-corrected chi connectivity index (χ0v) is 10.1. The summed E-state index contributed by atoms with van der Waals surface area (Å²) in [5.74, 6) is 2.02. The first-order chi connectivity index (χ1) is 7.31. The standard InChI is InChI=1S/C12H19ClN2/c1-2-15-9-8-14-12(15)5-3-4-11(13)10-6-7-10/h8-11H,2-7H2,1H3. The Morgan fingerprint density at radius 1 is 1.60 bits per heavy atom. The molecule has 1 saturated carbocycles. The summed E-state index contributed by atoms with van der Waals surface area (Å²) in [6.45, 7) is 3.17. The molecule has 15 heavy (non-hydrogen) atoms. The van der Waals surface area contributed by atoms with E-state index in [1.807, 2.05) is 6.20 Å².